The molecule has 90 valence electrons. The molecular weight excluding hydrogens is 206 g/mol. The van der Waals surface area contributed by atoms with Crippen molar-refractivity contribution in [3.8, 4) is 0 Å². The first-order valence-electron chi connectivity index (χ1n) is 5.35. The van der Waals surface area contributed by atoms with E-state index in [0.717, 1.165) is 0 Å². The molecule has 0 aliphatic heterocycles. The first-order valence-corrected chi connectivity index (χ1v) is 5.35. The second-order valence-electron chi connectivity index (χ2n) is 4.85. The van der Waals surface area contributed by atoms with E-state index in [-0.39, 0.29) is 24.1 Å². The van der Waals surface area contributed by atoms with E-state index in [1.54, 1.807) is 12.4 Å². The molecule has 16 heavy (non-hydrogen) atoms. The number of aromatic nitrogens is 2. The van der Waals surface area contributed by atoms with E-state index in [2.05, 4.69) is 10.3 Å². The Balaban J connectivity index is 2.66. The average molecular weight is 225 g/mol. The molecule has 2 N–H and O–H groups in total. The molecule has 1 unspecified atom stereocenters. The van der Waals surface area contributed by atoms with Gasteiger partial charge in [-0.05, 0) is 11.8 Å². The van der Waals surface area contributed by atoms with Crippen molar-refractivity contribution in [3.05, 3.63) is 18.7 Å². The van der Waals surface area contributed by atoms with E-state index in [1.807, 2.05) is 20.8 Å². The fourth-order valence-corrected chi connectivity index (χ4v) is 1.45. The Labute approximate surface area is 95.5 Å². The number of carbonyl (C=O) groups excluding carboxylic acids is 1. The highest BCUT2D eigenvalue weighted by Gasteiger charge is 2.25. The van der Waals surface area contributed by atoms with Crippen molar-refractivity contribution >= 4 is 6.03 Å². The van der Waals surface area contributed by atoms with Crippen LogP contribution in [-0.4, -0.2) is 33.3 Å². The minimum absolute atomic E-state index is 0.0617. The van der Waals surface area contributed by atoms with Crippen molar-refractivity contribution in [1.82, 2.24) is 14.9 Å². The fraction of sp³-hybridized carbons (Fsp3) is 0.636. The van der Waals surface area contributed by atoms with Gasteiger partial charge in [0.2, 0.25) is 0 Å². The minimum atomic E-state index is -0.217. The lowest BCUT2D eigenvalue weighted by Crippen LogP contribution is -2.45. The molecule has 1 rings (SSSR count). The number of hydrogen-bond acceptors (Lipinski definition) is 3. The van der Waals surface area contributed by atoms with Crippen molar-refractivity contribution in [2.75, 3.05) is 6.61 Å². The number of aliphatic hydroxyl groups excluding tert-OH is 1. The summed E-state index contributed by atoms with van der Waals surface area (Å²) in [6.45, 7) is 6.15. The molecule has 1 heterocycles. The zero-order valence-electron chi connectivity index (χ0n) is 9.97. The molecule has 0 saturated carbocycles. The minimum Gasteiger partial charge on any atom is -0.396 e. The highest BCUT2D eigenvalue weighted by Crippen LogP contribution is 2.21. The number of hydrogen-bond donors (Lipinski definition) is 2. The number of nitrogens with zero attached hydrogens (tertiary/aromatic N) is 2. The van der Waals surface area contributed by atoms with Crippen molar-refractivity contribution in [2.24, 2.45) is 5.41 Å². The molecule has 1 aromatic heterocycles. The molecule has 0 aliphatic rings. The van der Waals surface area contributed by atoms with Crippen LogP contribution in [0.4, 0.5) is 4.79 Å². The van der Waals surface area contributed by atoms with Crippen LogP contribution in [0.1, 0.15) is 27.2 Å². The standard InChI is InChI=1S/C11H19N3O2/c1-11(2,3)9(4-7-15)13-10(16)14-6-5-12-8-14/h5-6,8-9,15H,4,7H2,1-3H3,(H,13,16). The quantitative estimate of drug-likeness (QED) is 0.813. The summed E-state index contributed by atoms with van der Waals surface area (Å²) in [5.41, 5.74) is -0.0844. The molecule has 0 fully saturated rings. The second kappa shape index (κ2) is 5.12. The van der Waals surface area contributed by atoms with E-state index in [9.17, 15) is 4.79 Å². The lowest BCUT2D eigenvalue weighted by Gasteiger charge is -2.30. The molecule has 0 aliphatic carbocycles. The van der Waals surface area contributed by atoms with Gasteiger partial charge in [-0.2, -0.15) is 0 Å². The first kappa shape index (κ1) is 12.7. The van der Waals surface area contributed by atoms with Crippen LogP contribution in [0.25, 0.3) is 0 Å². The van der Waals surface area contributed by atoms with Crippen molar-refractivity contribution in [3.63, 3.8) is 0 Å². The third-order valence-corrected chi connectivity index (χ3v) is 2.50. The van der Waals surface area contributed by atoms with Crippen LogP contribution in [0, 0.1) is 5.41 Å². The zero-order valence-corrected chi connectivity index (χ0v) is 9.97. The summed E-state index contributed by atoms with van der Waals surface area (Å²) < 4.78 is 1.39. The van der Waals surface area contributed by atoms with Gasteiger partial charge in [0.25, 0.3) is 0 Å². The SMILES string of the molecule is CC(C)(C)C(CCO)NC(=O)n1ccnc1. The van der Waals surface area contributed by atoms with E-state index in [1.165, 1.54) is 10.9 Å². The Bertz CT molecular complexity index is 327. The topological polar surface area (TPSA) is 67.2 Å². The van der Waals surface area contributed by atoms with Crippen LogP contribution in [0.5, 0.6) is 0 Å². The van der Waals surface area contributed by atoms with Crippen molar-refractivity contribution in [1.29, 1.82) is 0 Å². The number of aliphatic hydroxyl groups is 1. The maximum absolute atomic E-state index is 11.8. The average Bonchev–Trinajstić information content (AvgIpc) is 2.68. The number of amides is 1. The van der Waals surface area contributed by atoms with Gasteiger partial charge in [-0.25, -0.2) is 9.78 Å². The maximum atomic E-state index is 11.8. The summed E-state index contributed by atoms with van der Waals surface area (Å²) >= 11 is 0. The van der Waals surface area contributed by atoms with Gasteiger partial charge in [0.05, 0.1) is 0 Å². The molecule has 0 saturated heterocycles. The van der Waals surface area contributed by atoms with Crippen LogP contribution < -0.4 is 5.32 Å². The molecular formula is C11H19N3O2. The number of imidazole rings is 1. The van der Waals surface area contributed by atoms with E-state index >= 15 is 0 Å². The van der Waals surface area contributed by atoms with Gasteiger partial charge in [-0.1, -0.05) is 20.8 Å². The van der Waals surface area contributed by atoms with Crippen LogP contribution >= 0.6 is 0 Å². The Morgan fingerprint density at radius 2 is 2.25 bits per heavy atom. The van der Waals surface area contributed by atoms with Crippen molar-refractivity contribution < 1.29 is 9.90 Å². The molecule has 5 nitrogen and oxygen atoms in total. The molecule has 0 bridgehead atoms. The Hall–Kier alpha value is -1.36. The molecule has 0 radical (unpaired) electrons. The largest absolute Gasteiger partial charge is 0.396 e. The second-order valence-corrected chi connectivity index (χ2v) is 4.85. The summed E-state index contributed by atoms with van der Waals surface area (Å²) in [4.78, 5) is 15.6. The van der Waals surface area contributed by atoms with E-state index < -0.39 is 0 Å². The summed E-state index contributed by atoms with van der Waals surface area (Å²) in [7, 11) is 0. The summed E-state index contributed by atoms with van der Waals surface area (Å²) in [6.07, 6.45) is 5.14. The summed E-state index contributed by atoms with van der Waals surface area (Å²) in [6, 6.07) is -0.279. The fourth-order valence-electron chi connectivity index (χ4n) is 1.45. The maximum Gasteiger partial charge on any atom is 0.327 e. The van der Waals surface area contributed by atoms with Gasteiger partial charge < -0.3 is 10.4 Å². The van der Waals surface area contributed by atoms with Gasteiger partial charge in [-0.15, -0.1) is 0 Å². The van der Waals surface area contributed by atoms with Crippen LogP contribution in [0.15, 0.2) is 18.7 Å². The molecule has 1 amide bonds. The third-order valence-electron chi connectivity index (χ3n) is 2.50. The Morgan fingerprint density at radius 3 is 2.69 bits per heavy atom. The third kappa shape index (κ3) is 3.34. The predicted molar refractivity (Wildman–Crippen MR) is 61.1 cm³/mol. The molecule has 1 aromatic rings. The van der Waals surface area contributed by atoms with Gasteiger partial charge in [0.15, 0.2) is 0 Å². The lowest BCUT2D eigenvalue weighted by molar-refractivity contribution is 0.190. The predicted octanol–water partition coefficient (Wildman–Crippen LogP) is 1.24. The lowest BCUT2D eigenvalue weighted by atomic mass is 9.85. The normalized spacial score (nSPS) is 13.5. The van der Waals surface area contributed by atoms with Gasteiger partial charge >= 0.3 is 6.03 Å². The van der Waals surface area contributed by atoms with Crippen LogP contribution in [0.3, 0.4) is 0 Å². The van der Waals surface area contributed by atoms with Crippen LogP contribution in [0.2, 0.25) is 0 Å². The molecule has 5 heteroatoms. The summed E-state index contributed by atoms with van der Waals surface area (Å²) in [5, 5.41) is 11.9. The molecule has 0 spiro atoms. The van der Waals surface area contributed by atoms with Gasteiger partial charge in [0, 0.05) is 25.0 Å². The number of carbonyl (C=O) groups is 1. The highest BCUT2D eigenvalue weighted by atomic mass is 16.3. The van der Waals surface area contributed by atoms with Gasteiger partial charge in [-0.3, -0.25) is 4.57 Å². The molecule has 0 aromatic carbocycles. The number of nitrogens with one attached hydrogen (secondary N) is 1. The Morgan fingerprint density at radius 1 is 1.56 bits per heavy atom. The first-order chi connectivity index (χ1) is 7.45. The van der Waals surface area contributed by atoms with Crippen LogP contribution in [-0.2, 0) is 0 Å². The highest BCUT2D eigenvalue weighted by molar-refractivity contribution is 5.76. The van der Waals surface area contributed by atoms with Gasteiger partial charge in [0.1, 0.15) is 6.33 Å². The zero-order chi connectivity index (χ0) is 12.2. The molecule has 1 atom stereocenters. The van der Waals surface area contributed by atoms with Crippen molar-refractivity contribution in [2.45, 2.75) is 33.2 Å². The Kier molecular flexibility index (Phi) is 4.06. The summed E-state index contributed by atoms with van der Waals surface area (Å²) in [5.74, 6) is 0. The monoisotopic (exact) mass is 225 g/mol. The smallest absolute Gasteiger partial charge is 0.327 e. The van der Waals surface area contributed by atoms with E-state index in [0.29, 0.717) is 6.42 Å². The van der Waals surface area contributed by atoms with E-state index in [4.69, 9.17) is 5.11 Å². The number of rotatable bonds is 3.